The molecule has 7 nitrogen and oxygen atoms in total. The maximum atomic E-state index is 13.3. The largest absolute Gasteiger partial charge is 0.379 e. The summed E-state index contributed by atoms with van der Waals surface area (Å²) in [5, 5.41) is 3.54. The molecule has 3 aliphatic heterocycles. The van der Waals surface area contributed by atoms with Crippen LogP contribution < -0.4 is 5.32 Å². The van der Waals surface area contributed by atoms with Crippen molar-refractivity contribution in [2.45, 2.75) is 6.04 Å². The van der Waals surface area contributed by atoms with Crippen LogP contribution in [0.2, 0.25) is 5.02 Å². The van der Waals surface area contributed by atoms with Crippen molar-refractivity contribution in [1.29, 1.82) is 0 Å². The maximum Gasteiger partial charge on any atom is 0.322 e. The highest BCUT2D eigenvalue weighted by Crippen LogP contribution is 2.36. The molecule has 3 amide bonds. The number of morpholine rings is 1. The van der Waals surface area contributed by atoms with Crippen LogP contribution >= 0.6 is 11.6 Å². The molecule has 29 heavy (non-hydrogen) atoms. The van der Waals surface area contributed by atoms with Gasteiger partial charge in [-0.15, -0.1) is 6.58 Å². The van der Waals surface area contributed by atoms with E-state index in [0.29, 0.717) is 30.2 Å². The highest BCUT2D eigenvalue weighted by Gasteiger charge is 2.43. The zero-order chi connectivity index (χ0) is 20.4. The van der Waals surface area contributed by atoms with Crippen molar-refractivity contribution in [3.05, 3.63) is 58.8 Å². The fourth-order valence-corrected chi connectivity index (χ4v) is 4.27. The molecule has 3 aliphatic rings. The molecule has 0 spiro atoms. The topological polar surface area (TPSA) is 65.1 Å². The van der Waals surface area contributed by atoms with E-state index in [0.717, 1.165) is 44.1 Å². The van der Waals surface area contributed by atoms with Crippen LogP contribution in [-0.4, -0.2) is 79.1 Å². The van der Waals surface area contributed by atoms with Crippen LogP contribution in [0.5, 0.6) is 0 Å². The summed E-state index contributed by atoms with van der Waals surface area (Å²) in [5.41, 5.74) is 2.18. The van der Waals surface area contributed by atoms with Gasteiger partial charge >= 0.3 is 6.03 Å². The lowest BCUT2D eigenvalue weighted by Crippen LogP contribution is -2.47. The quantitative estimate of drug-likeness (QED) is 0.720. The number of carbonyl (C=O) groups excluding carboxylic acids is 2. The Morgan fingerprint density at radius 1 is 1.24 bits per heavy atom. The monoisotopic (exact) mass is 416 g/mol. The second-order valence-corrected chi connectivity index (χ2v) is 7.81. The van der Waals surface area contributed by atoms with Crippen LogP contribution in [0.25, 0.3) is 0 Å². The first-order chi connectivity index (χ1) is 14.1. The zero-order valence-corrected chi connectivity index (χ0v) is 17.0. The van der Waals surface area contributed by atoms with Crippen molar-refractivity contribution in [1.82, 2.24) is 20.0 Å². The lowest BCUT2D eigenvalue weighted by Gasteiger charge is -2.33. The van der Waals surface area contributed by atoms with Gasteiger partial charge in [-0.25, -0.2) is 4.79 Å². The first-order valence-electron chi connectivity index (χ1n) is 9.85. The second-order valence-electron chi connectivity index (χ2n) is 7.38. The van der Waals surface area contributed by atoms with E-state index in [4.69, 9.17) is 16.3 Å². The molecule has 8 heteroatoms. The Kier molecular flexibility index (Phi) is 5.89. The molecule has 0 aromatic heterocycles. The lowest BCUT2D eigenvalue weighted by molar-refractivity contribution is -0.126. The number of rotatable bonds is 6. The number of nitrogens with zero attached hydrogens (tertiary/aromatic N) is 3. The molecule has 1 fully saturated rings. The van der Waals surface area contributed by atoms with Crippen LogP contribution in [-0.2, 0) is 9.53 Å². The number of urea groups is 1. The Morgan fingerprint density at radius 2 is 2.03 bits per heavy atom. The van der Waals surface area contributed by atoms with Gasteiger partial charge in [-0.3, -0.25) is 14.6 Å². The molecule has 0 aliphatic carbocycles. The third-order valence-corrected chi connectivity index (χ3v) is 5.82. The van der Waals surface area contributed by atoms with Crippen molar-refractivity contribution < 1.29 is 14.3 Å². The number of nitrogens with one attached hydrogen (secondary N) is 1. The van der Waals surface area contributed by atoms with Gasteiger partial charge in [0.05, 0.1) is 37.1 Å². The number of amides is 3. The number of hydrogen-bond acceptors (Lipinski definition) is 4. The minimum Gasteiger partial charge on any atom is -0.379 e. The van der Waals surface area contributed by atoms with Gasteiger partial charge < -0.3 is 15.0 Å². The molecule has 0 bridgehead atoms. The van der Waals surface area contributed by atoms with Crippen molar-refractivity contribution in [2.75, 3.05) is 52.5 Å². The van der Waals surface area contributed by atoms with Crippen molar-refractivity contribution in [3.63, 3.8) is 0 Å². The summed E-state index contributed by atoms with van der Waals surface area (Å²) < 4.78 is 5.39. The highest BCUT2D eigenvalue weighted by atomic mass is 35.5. The molecule has 1 atom stereocenters. The second kappa shape index (κ2) is 8.57. The average molecular weight is 417 g/mol. The van der Waals surface area contributed by atoms with E-state index in [1.165, 1.54) is 0 Å². The van der Waals surface area contributed by atoms with Crippen molar-refractivity contribution in [3.8, 4) is 0 Å². The first kappa shape index (κ1) is 19.9. The maximum absolute atomic E-state index is 13.3. The van der Waals surface area contributed by atoms with E-state index in [2.05, 4.69) is 16.8 Å². The SMILES string of the molecule is C=CCN1C(=O)NC(c2cccc(Cl)c2)C2=C1CN(CCN1CCOCC1)C2=O. The Labute approximate surface area is 175 Å². The third-order valence-electron chi connectivity index (χ3n) is 5.58. The molecule has 0 radical (unpaired) electrons. The fraction of sp³-hybridized carbons (Fsp3) is 0.429. The Hall–Kier alpha value is -2.35. The number of ether oxygens (including phenoxy) is 1. The van der Waals surface area contributed by atoms with E-state index in [1.807, 2.05) is 17.0 Å². The molecule has 1 N–H and O–H groups in total. The summed E-state index contributed by atoms with van der Waals surface area (Å²) in [5.74, 6) is -0.0349. The summed E-state index contributed by atoms with van der Waals surface area (Å²) >= 11 is 6.16. The van der Waals surface area contributed by atoms with Gasteiger partial charge in [0.25, 0.3) is 5.91 Å². The Morgan fingerprint density at radius 3 is 2.76 bits per heavy atom. The number of hydrogen-bond donors (Lipinski definition) is 1. The number of halogens is 1. The van der Waals surface area contributed by atoms with Crippen LogP contribution in [0.15, 0.2) is 48.2 Å². The Balaban J connectivity index is 1.59. The lowest BCUT2D eigenvalue weighted by atomic mass is 9.95. The zero-order valence-electron chi connectivity index (χ0n) is 16.3. The third kappa shape index (κ3) is 4.03. The van der Waals surface area contributed by atoms with E-state index in [9.17, 15) is 9.59 Å². The predicted octanol–water partition coefficient (Wildman–Crippen LogP) is 2.02. The fourth-order valence-electron chi connectivity index (χ4n) is 4.07. The molecule has 1 aromatic rings. The van der Waals surface area contributed by atoms with E-state index in [1.54, 1.807) is 23.1 Å². The normalized spacial score (nSPS) is 22.7. The molecule has 4 rings (SSSR count). The van der Waals surface area contributed by atoms with Crippen molar-refractivity contribution >= 4 is 23.5 Å². The van der Waals surface area contributed by atoms with Crippen LogP contribution in [0.4, 0.5) is 4.79 Å². The standard InChI is InChI=1S/C21H25ClN4O3/c1-2-6-26-17-14-25(8-7-24-9-11-29-12-10-24)20(27)18(17)19(23-21(26)28)15-4-3-5-16(22)13-15/h2-5,13,19H,1,6-12,14H2,(H,23,28). The summed E-state index contributed by atoms with van der Waals surface area (Å²) in [4.78, 5) is 31.8. The number of carbonyl (C=O) groups is 2. The van der Waals surface area contributed by atoms with E-state index >= 15 is 0 Å². The molecular weight excluding hydrogens is 392 g/mol. The van der Waals surface area contributed by atoms with Gasteiger partial charge in [0.2, 0.25) is 0 Å². The van der Waals surface area contributed by atoms with Crippen LogP contribution in [0.1, 0.15) is 11.6 Å². The molecule has 1 aromatic carbocycles. The smallest absolute Gasteiger partial charge is 0.322 e. The van der Waals surface area contributed by atoms with Gasteiger partial charge in [-0.2, -0.15) is 0 Å². The molecule has 0 saturated carbocycles. The van der Waals surface area contributed by atoms with Gasteiger partial charge in [0, 0.05) is 37.7 Å². The molecule has 3 heterocycles. The number of benzene rings is 1. The van der Waals surface area contributed by atoms with E-state index in [-0.39, 0.29) is 11.9 Å². The summed E-state index contributed by atoms with van der Waals surface area (Å²) in [6, 6.07) is 6.56. The summed E-state index contributed by atoms with van der Waals surface area (Å²) in [7, 11) is 0. The molecule has 1 saturated heterocycles. The van der Waals surface area contributed by atoms with E-state index < -0.39 is 6.04 Å². The van der Waals surface area contributed by atoms with Gasteiger partial charge in [-0.1, -0.05) is 29.8 Å². The molecule has 1 unspecified atom stereocenters. The van der Waals surface area contributed by atoms with Gasteiger partial charge in [0.1, 0.15) is 0 Å². The minimum absolute atomic E-state index is 0.0349. The van der Waals surface area contributed by atoms with Gasteiger partial charge in [0.15, 0.2) is 0 Å². The average Bonchev–Trinajstić information content (AvgIpc) is 3.05. The van der Waals surface area contributed by atoms with Crippen LogP contribution in [0.3, 0.4) is 0 Å². The Bertz CT molecular complexity index is 850. The summed E-state index contributed by atoms with van der Waals surface area (Å²) in [6.45, 7) is 9.15. The predicted molar refractivity (Wildman–Crippen MR) is 110 cm³/mol. The van der Waals surface area contributed by atoms with Crippen LogP contribution in [0, 0.1) is 0 Å². The minimum atomic E-state index is -0.502. The molecule has 154 valence electrons. The highest BCUT2D eigenvalue weighted by molar-refractivity contribution is 6.30. The van der Waals surface area contributed by atoms with Gasteiger partial charge in [-0.05, 0) is 17.7 Å². The summed E-state index contributed by atoms with van der Waals surface area (Å²) in [6.07, 6.45) is 1.67. The molecular formula is C21H25ClN4O3. The first-order valence-corrected chi connectivity index (χ1v) is 10.2. The van der Waals surface area contributed by atoms with Crippen molar-refractivity contribution in [2.24, 2.45) is 0 Å².